The molecule has 0 aromatic heterocycles. The summed E-state index contributed by atoms with van der Waals surface area (Å²) in [4.78, 5) is 0. The molecule has 1 aromatic carbocycles. The maximum Gasteiger partial charge on any atom is 0.164 e. The molecule has 0 fully saturated rings. The highest BCUT2D eigenvalue weighted by Crippen LogP contribution is 2.41. The molecule has 1 unspecified atom stereocenters. The SMILES string of the molecule is COc1cccc2c1OCCC2CCCBr. The number of hydrogen-bond acceptors (Lipinski definition) is 2. The van der Waals surface area contributed by atoms with E-state index in [1.807, 2.05) is 12.1 Å². The van der Waals surface area contributed by atoms with Crippen LogP contribution in [0.15, 0.2) is 18.2 Å². The van der Waals surface area contributed by atoms with E-state index in [1.54, 1.807) is 7.11 Å². The largest absolute Gasteiger partial charge is 0.493 e. The van der Waals surface area contributed by atoms with Gasteiger partial charge < -0.3 is 9.47 Å². The predicted molar refractivity (Wildman–Crippen MR) is 68.9 cm³/mol. The lowest BCUT2D eigenvalue weighted by molar-refractivity contribution is 0.248. The fourth-order valence-electron chi connectivity index (χ4n) is 2.25. The van der Waals surface area contributed by atoms with E-state index in [9.17, 15) is 0 Å². The maximum atomic E-state index is 5.72. The minimum atomic E-state index is 0.622. The van der Waals surface area contributed by atoms with Crippen LogP contribution >= 0.6 is 15.9 Å². The van der Waals surface area contributed by atoms with Gasteiger partial charge in [0, 0.05) is 10.9 Å². The van der Waals surface area contributed by atoms with Gasteiger partial charge in [-0.3, -0.25) is 0 Å². The van der Waals surface area contributed by atoms with E-state index in [-0.39, 0.29) is 0 Å². The van der Waals surface area contributed by atoms with Crippen molar-refractivity contribution >= 4 is 15.9 Å². The molecule has 0 amide bonds. The molecule has 0 spiro atoms. The molecule has 16 heavy (non-hydrogen) atoms. The Bertz CT molecular complexity index is 352. The van der Waals surface area contributed by atoms with Crippen molar-refractivity contribution in [3.8, 4) is 11.5 Å². The summed E-state index contributed by atoms with van der Waals surface area (Å²) in [7, 11) is 1.70. The van der Waals surface area contributed by atoms with E-state index in [2.05, 4.69) is 22.0 Å². The van der Waals surface area contributed by atoms with Gasteiger partial charge in [-0.1, -0.05) is 28.1 Å². The molecule has 0 radical (unpaired) electrons. The minimum absolute atomic E-state index is 0.622. The molecule has 1 heterocycles. The van der Waals surface area contributed by atoms with Crippen LogP contribution in [0.2, 0.25) is 0 Å². The number of ether oxygens (including phenoxy) is 2. The fourth-order valence-corrected chi connectivity index (χ4v) is 2.58. The van der Waals surface area contributed by atoms with Crippen LogP contribution in [0.4, 0.5) is 0 Å². The highest BCUT2D eigenvalue weighted by Gasteiger charge is 2.23. The molecule has 1 aliphatic heterocycles. The first-order chi connectivity index (χ1) is 7.86. The lowest BCUT2D eigenvalue weighted by Gasteiger charge is -2.27. The lowest BCUT2D eigenvalue weighted by atomic mass is 9.89. The van der Waals surface area contributed by atoms with E-state index in [1.165, 1.54) is 18.4 Å². The van der Waals surface area contributed by atoms with Crippen molar-refractivity contribution in [1.29, 1.82) is 0 Å². The molecule has 0 aliphatic carbocycles. The van der Waals surface area contributed by atoms with Gasteiger partial charge in [-0.2, -0.15) is 0 Å². The van der Waals surface area contributed by atoms with Crippen LogP contribution in [-0.4, -0.2) is 19.0 Å². The van der Waals surface area contributed by atoms with E-state index in [4.69, 9.17) is 9.47 Å². The van der Waals surface area contributed by atoms with Gasteiger partial charge in [-0.25, -0.2) is 0 Å². The third-order valence-electron chi connectivity index (χ3n) is 3.07. The molecule has 2 rings (SSSR count). The quantitative estimate of drug-likeness (QED) is 0.785. The van der Waals surface area contributed by atoms with E-state index < -0.39 is 0 Å². The van der Waals surface area contributed by atoms with Gasteiger partial charge in [-0.15, -0.1) is 0 Å². The third kappa shape index (κ3) is 2.34. The third-order valence-corrected chi connectivity index (χ3v) is 3.63. The summed E-state index contributed by atoms with van der Waals surface area (Å²) < 4.78 is 11.1. The Morgan fingerprint density at radius 3 is 3.12 bits per heavy atom. The first-order valence-electron chi connectivity index (χ1n) is 5.72. The van der Waals surface area contributed by atoms with Crippen LogP contribution in [0, 0.1) is 0 Å². The van der Waals surface area contributed by atoms with Crippen LogP contribution in [-0.2, 0) is 0 Å². The molecule has 2 nitrogen and oxygen atoms in total. The van der Waals surface area contributed by atoms with Gasteiger partial charge in [0.25, 0.3) is 0 Å². The highest BCUT2D eigenvalue weighted by molar-refractivity contribution is 9.09. The Kier molecular flexibility index (Phi) is 4.10. The zero-order chi connectivity index (χ0) is 11.4. The first kappa shape index (κ1) is 11.8. The molecule has 1 aliphatic rings. The Balaban J connectivity index is 2.24. The topological polar surface area (TPSA) is 18.5 Å². The van der Waals surface area contributed by atoms with Crippen molar-refractivity contribution in [3.05, 3.63) is 23.8 Å². The first-order valence-corrected chi connectivity index (χ1v) is 6.84. The summed E-state index contributed by atoms with van der Waals surface area (Å²) in [5.41, 5.74) is 1.31. The second kappa shape index (κ2) is 5.58. The van der Waals surface area contributed by atoms with Gasteiger partial charge in [0.15, 0.2) is 11.5 Å². The standard InChI is InChI=1S/C13H17BrO2/c1-15-12-6-2-5-11-10(4-3-8-14)7-9-16-13(11)12/h2,5-6,10H,3-4,7-9H2,1H3. The summed E-state index contributed by atoms with van der Waals surface area (Å²) in [5.74, 6) is 2.44. The van der Waals surface area contributed by atoms with Crippen molar-refractivity contribution in [1.82, 2.24) is 0 Å². The molecule has 0 saturated heterocycles. The van der Waals surface area contributed by atoms with Crippen LogP contribution in [0.25, 0.3) is 0 Å². The molecule has 88 valence electrons. The van der Waals surface area contributed by atoms with E-state index in [0.29, 0.717) is 5.92 Å². The Morgan fingerprint density at radius 1 is 1.50 bits per heavy atom. The molecule has 1 aromatic rings. The molecule has 3 heteroatoms. The summed E-state index contributed by atoms with van der Waals surface area (Å²) in [6, 6.07) is 6.18. The molecule has 0 saturated carbocycles. The van der Waals surface area contributed by atoms with Crippen molar-refractivity contribution in [3.63, 3.8) is 0 Å². The Hall–Kier alpha value is -0.700. The minimum Gasteiger partial charge on any atom is -0.493 e. The van der Waals surface area contributed by atoms with Gasteiger partial charge in [-0.05, 0) is 31.2 Å². The number of alkyl halides is 1. The van der Waals surface area contributed by atoms with Gasteiger partial charge >= 0.3 is 0 Å². The fraction of sp³-hybridized carbons (Fsp3) is 0.538. The molecular weight excluding hydrogens is 268 g/mol. The number of methoxy groups -OCH3 is 1. The second-order valence-corrected chi connectivity index (χ2v) is 4.84. The van der Waals surface area contributed by atoms with Crippen LogP contribution in [0.3, 0.4) is 0 Å². The summed E-state index contributed by atoms with van der Waals surface area (Å²) >= 11 is 3.49. The summed E-state index contributed by atoms with van der Waals surface area (Å²) in [6.07, 6.45) is 3.54. The van der Waals surface area contributed by atoms with Crippen LogP contribution < -0.4 is 9.47 Å². The second-order valence-electron chi connectivity index (χ2n) is 4.04. The zero-order valence-electron chi connectivity index (χ0n) is 9.54. The van der Waals surface area contributed by atoms with Crippen molar-refractivity contribution in [2.75, 3.05) is 19.0 Å². The summed E-state index contributed by atoms with van der Waals surface area (Å²) in [6.45, 7) is 0.806. The molecule has 1 atom stereocenters. The number of rotatable bonds is 4. The number of fused-ring (bicyclic) bond motifs is 1. The Labute approximate surface area is 105 Å². The molecule has 0 bridgehead atoms. The maximum absolute atomic E-state index is 5.72. The van der Waals surface area contributed by atoms with Crippen molar-refractivity contribution in [2.24, 2.45) is 0 Å². The smallest absolute Gasteiger partial charge is 0.164 e. The van der Waals surface area contributed by atoms with Gasteiger partial charge in [0.1, 0.15) is 0 Å². The number of para-hydroxylation sites is 1. The highest BCUT2D eigenvalue weighted by atomic mass is 79.9. The molecule has 0 N–H and O–H groups in total. The molecular formula is C13H17BrO2. The monoisotopic (exact) mass is 284 g/mol. The average Bonchev–Trinajstić information content (AvgIpc) is 2.35. The van der Waals surface area contributed by atoms with E-state index in [0.717, 1.165) is 29.9 Å². The Morgan fingerprint density at radius 2 is 2.38 bits per heavy atom. The number of benzene rings is 1. The van der Waals surface area contributed by atoms with Crippen LogP contribution in [0.5, 0.6) is 11.5 Å². The number of halogens is 1. The average molecular weight is 285 g/mol. The predicted octanol–water partition coefficient (Wildman–Crippen LogP) is 3.74. The van der Waals surface area contributed by atoms with Crippen molar-refractivity contribution < 1.29 is 9.47 Å². The number of hydrogen-bond donors (Lipinski definition) is 0. The summed E-state index contributed by atoms with van der Waals surface area (Å²) in [5, 5.41) is 1.07. The van der Waals surface area contributed by atoms with E-state index >= 15 is 0 Å². The lowest BCUT2D eigenvalue weighted by Crippen LogP contribution is -2.15. The van der Waals surface area contributed by atoms with Crippen LogP contribution in [0.1, 0.15) is 30.7 Å². The zero-order valence-corrected chi connectivity index (χ0v) is 11.1. The van der Waals surface area contributed by atoms with Gasteiger partial charge in [0.05, 0.1) is 13.7 Å². The van der Waals surface area contributed by atoms with Gasteiger partial charge in [0.2, 0.25) is 0 Å². The normalized spacial score (nSPS) is 18.8. The van der Waals surface area contributed by atoms with Crippen molar-refractivity contribution in [2.45, 2.75) is 25.2 Å².